The van der Waals surface area contributed by atoms with Gasteiger partial charge in [0.05, 0.1) is 12.1 Å². The van der Waals surface area contributed by atoms with E-state index in [1.54, 1.807) is 13.8 Å². The molecular weight excluding hydrogens is 450 g/mol. The summed E-state index contributed by atoms with van der Waals surface area (Å²) >= 11 is 0. The maximum Gasteiger partial charge on any atom is 0.328 e. The molecule has 3 amide bonds. The van der Waals surface area contributed by atoms with Crippen LogP contribution >= 0.6 is 0 Å². The highest BCUT2D eigenvalue weighted by atomic mass is 16.4. The van der Waals surface area contributed by atoms with Gasteiger partial charge in [0.15, 0.2) is 6.04 Å². The van der Waals surface area contributed by atoms with Gasteiger partial charge in [0.1, 0.15) is 12.1 Å². The van der Waals surface area contributed by atoms with Crippen LogP contribution in [0, 0.1) is 5.92 Å². The minimum Gasteiger partial charge on any atom is -0.481 e. The molecule has 0 saturated heterocycles. The van der Waals surface area contributed by atoms with Gasteiger partial charge in [-0.2, -0.15) is 0 Å². The maximum absolute atomic E-state index is 12.9. The van der Waals surface area contributed by atoms with Crippen LogP contribution < -0.4 is 27.4 Å². The molecule has 10 N–H and O–H groups in total. The molecule has 0 aliphatic rings. The van der Waals surface area contributed by atoms with E-state index in [-0.39, 0.29) is 6.42 Å². The molecule has 0 saturated carbocycles. The summed E-state index contributed by atoms with van der Waals surface area (Å²) in [6.07, 6.45) is -0.0428. The normalized spacial score (nSPS) is 16.3. The first-order valence-electron chi connectivity index (χ1n) is 11.3. The van der Waals surface area contributed by atoms with Crippen LogP contribution in [0.2, 0.25) is 0 Å². The van der Waals surface area contributed by atoms with Crippen molar-refractivity contribution in [2.45, 2.75) is 89.6 Å². The number of carbonyl (C=O) groups excluding carboxylic acids is 3. The predicted molar refractivity (Wildman–Crippen MR) is 122 cm³/mol. The molecule has 34 heavy (non-hydrogen) atoms. The van der Waals surface area contributed by atoms with Crippen molar-refractivity contribution < 1.29 is 39.3 Å². The largest absolute Gasteiger partial charge is 0.481 e. The van der Waals surface area contributed by atoms with Crippen molar-refractivity contribution >= 4 is 29.7 Å². The minimum atomic E-state index is -1.59. The fraction of sp³-hybridized carbons (Fsp3) is 0.762. The SMILES string of the molecule is CCC(C)C(NC(=O)C(CCC(=O)O)NC(=O)C(N)CCCCN)C(=O)NC(C(=O)O)C(C)O. The van der Waals surface area contributed by atoms with Gasteiger partial charge in [0.25, 0.3) is 0 Å². The first-order valence-corrected chi connectivity index (χ1v) is 11.3. The lowest BCUT2D eigenvalue weighted by Gasteiger charge is -2.28. The van der Waals surface area contributed by atoms with Gasteiger partial charge in [-0.1, -0.05) is 26.7 Å². The molecule has 13 nitrogen and oxygen atoms in total. The Morgan fingerprint density at radius 3 is 1.91 bits per heavy atom. The number of carboxylic acid groups (broad SMARTS) is 2. The zero-order valence-corrected chi connectivity index (χ0v) is 20.0. The van der Waals surface area contributed by atoms with Gasteiger partial charge in [0, 0.05) is 6.42 Å². The molecule has 0 radical (unpaired) electrons. The second-order valence-electron chi connectivity index (χ2n) is 8.32. The Morgan fingerprint density at radius 1 is 0.853 bits per heavy atom. The Balaban J connectivity index is 5.53. The van der Waals surface area contributed by atoms with E-state index in [4.69, 9.17) is 16.6 Å². The molecule has 0 rings (SSSR count). The Kier molecular flexibility index (Phi) is 14.7. The topological polar surface area (TPSA) is 234 Å². The number of hydrogen-bond acceptors (Lipinski definition) is 8. The standard InChI is InChI=1S/C21H39N5O8/c1-4-11(2)16(20(32)26-17(12(3)27)21(33)34)25-19(31)14(8-9-15(28)29)24-18(30)13(23)7-5-6-10-22/h11-14,16-17,27H,4-10,22-23H2,1-3H3,(H,24,30)(H,25,31)(H,26,32)(H,28,29)(H,33,34). The molecule has 0 aliphatic heterocycles. The van der Waals surface area contributed by atoms with Gasteiger partial charge in [-0.3, -0.25) is 19.2 Å². The third-order valence-electron chi connectivity index (χ3n) is 5.43. The number of nitrogens with two attached hydrogens (primary N) is 2. The van der Waals surface area contributed by atoms with E-state index in [0.29, 0.717) is 32.2 Å². The van der Waals surface area contributed by atoms with Gasteiger partial charge >= 0.3 is 11.9 Å². The number of aliphatic hydroxyl groups excluding tert-OH is 1. The molecule has 0 bridgehead atoms. The van der Waals surface area contributed by atoms with Crippen LogP contribution in [-0.2, 0) is 24.0 Å². The fourth-order valence-electron chi connectivity index (χ4n) is 3.04. The van der Waals surface area contributed by atoms with E-state index in [1.165, 1.54) is 6.92 Å². The number of aliphatic hydroxyl groups is 1. The lowest BCUT2D eigenvalue weighted by atomic mass is 9.96. The number of carbonyl (C=O) groups is 5. The first kappa shape index (κ1) is 31.2. The van der Waals surface area contributed by atoms with Crippen molar-refractivity contribution in [1.29, 1.82) is 0 Å². The van der Waals surface area contributed by atoms with Gasteiger partial charge < -0.3 is 42.7 Å². The molecule has 0 spiro atoms. The van der Waals surface area contributed by atoms with E-state index in [1.807, 2.05) is 0 Å². The average molecular weight is 490 g/mol. The molecule has 0 aromatic carbocycles. The molecule has 0 aromatic rings. The third kappa shape index (κ3) is 11.4. The van der Waals surface area contributed by atoms with Crippen LogP contribution in [0.3, 0.4) is 0 Å². The summed E-state index contributed by atoms with van der Waals surface area (Å²) < 4.78 is 0. The van der Waals surface area contributed by atoms with Crippen molar-refractivity contribution in [3.63, 3.8) is 0 Å². The van der Waals surface area contributed by atoms with Crippen LogP contribution in [0.15, 0.2) is 0 Å². The van der Waals surface area contributed by atoms with Crippen LogP contribution in [-0.4, -0.2) is 81.8 Å². The van der Waals surface area contributed by atoms with Crippen molar-refractivity contribution in [2.75, 3.05) is 6.54 Å². The maximum atomic E-state index is 12.9. The Bertz CT molecular complexity index is 703. The van der Waals surface area contributed by atoms with Gasteiger partial charge in [-0.15, -0.1) is 0 Å². The number of rotatable bonds is 17. The highest BCUT2D eigenvalue weighted by Gasteiger charge is 2.34. The lowest BCUT2D eigenvalue weighted by Crippen LogP contribution is -2.59. The molecule has 196 valence electrons. The molecular formula is C21H39N5O8. The first-order chi connectivity index (χ1) is 15.8. The Hall–Kier alpha value is -2.77. The lowest BCUT2D eigenvalue weighted by molar-refractivity contribution is -0.145. The zero-order chi connectivity index (χ0) is 26.4. The molecule has 0 fully saturated rings. The Labute approximate surface area is 199 Å². The third-order valence-corrected chi connectivity index (χ3v) is 5.43. The van der Waals surface area contributed by atoms with Crippen LogP contribution in [0.4, 0.5) is 0 Å². The second kappa shape index (κ2) is 16.0. The summed E-state index contributed by atoms with van der Waals surface area (Å²) in [6.45, 7) is 5.05. The molecule has 0 heterocycles. The summed E-state index contributed by atoms with van der Waals surface area (Å²) in [5, 5.41) is 35.0. The summed E-state index contributed by atoms with van der Waals surface area (Å²) in [4.78, 5) is 60.5. The quantitative estimate of drug-likeness (QED) is 0.107. The minimum absolute atomic E-state index is 0.247. The molecule has 0 aromatic heterocycles. The highest BCUT2D eigenvalue weighted by Crippen LogP contribution is 2.11. The van der Waals surface area contributed by atoms with E-state index >= 15 is 0 Å². The second-order valence-corrected chi connectivity index (χ2v) is 8.32. The van der Waals surface area contributed by atoms with Crippen LogP contribution in [0.5, 0.6) is 0 Å². The molecule has 13 heteroatoms. The predicted octanol–water partition coefficient (Wildman–Crippen LogP) is -1.73. The van der Waals surface area contributed by atoms with E-state index in [9.17, 15) is 34.2 Å². The van der Waals surface area contributed by atoms with Gasteiger partial charge in [-0.05, 0) is 38.6 Å². The number of hydrogen-bond donors (Lipinski definition) is 8. The fourth-order valence-corrected chi connectivity index (χ4v) is 3.04. The Morgan fingerprint density at radius 2 is 1.44 bits per heavy atom. The molecule has 6 atom stereocenters. The summed E-state index contributed by atoms with van der Waals surface area (Å²) in [5.74, 6) is -5.37. The zero-order valence-electron chi connectivity index (χ0n) is 20.0. The number of nitrogens with one attached hydrogen (secondary N) is 3. The van der Waals surface area contributed by atoms with Crippen LogP contribution in [0.25, 0.3) is 0 Å². The average Bonchev–Trinajstić information content (AvgIpc) is 2.76. The molecule has 6 unspecified atom stereocenters. The number of unbranched alkanes of at least 4 members (excludes halogenated alkanes) is 1. The van der Waals surface area contributed by atoms with Gasteiger partial charge in [0.2, 0.25) is 17.7 Å². The van der Waals surface area contributed by atoms with Crippen molar-refractivity contribution in [3.05, 3.63) is 0 Å². The van der Waals surface area contributed by atoms with Crippen molar-refractivity contribution in [1.82, 2.24) is 16.0 Å². The van der Waals surface area contributed by atoms with Crippen LogP contribution in [0.1, 0.15) is 59.3 Å². The van der Waals surface area contributed by atoms with E-state index in [2.05, 4.69) is 16.0 Å². The summed E-state index contributed by atoms with van der Waals surface area (Å²) in [7, 11) is 0. The molecule has 0 aliphatic carbocycles. The van der Waals surface area contributed by atoms with E-state index < -0.39 is 72.3 Å². The highest BCUT2D eigenvalue weighted by molar-refractivity contribution is 5.94. The summed E-state index contributed by atoms with van der Waals surface area (Å²) in [6, 6.07) is -5.00. The monoisotopic (exact) mass is 489 g/mol. The smallest absolute Gasteiger partial charge is 0.328 e. The summed E-state index contributed by atoms with van der Waals surface area (Å²) in [5.41, 5.74) is 11.3. The van der Waals surface area contributed by atoms with Crippen molar-refractivity contribution in [2.24, 2.45) is 17.4 Å². The number of carboxylic acids is 2. The van der Waals surface area contributed by atoms with Gasteiger partial charge in [-0.25, -0.2) is 4.79 Å². The number of amides is 3. The number of aliphatic carboxylic acids is 2. The van der Waals surface area contributed by atoms with E-state index in [0.717, 1.165) is 0 Å². The van der Waals surface area contributed by atoms with Crippen molar-refractivity contribution in [3.8, 4) is 0 Å².